The number of Topliss-reactive ketones (excluding diaryl/α,β-unsaturated/α-hetero) is 1. The molecule has 0 N–H and O–H groups in total. The van der Waals surface area contributed by atoms with Gasteiger partial charge in [0.25, 0.3) is 0 Å². The van der Waals surface area contributed by atoms with Gasteiger partial charge in [0.1, 0.15) is 23.2 Å². The number of benzene rings is 3. The Bertz CT molecular complexity index is 1240. The first kappa shape index (κ1) is 25.7. The number of nitriles is 1. The molecule has 1 unspecified atom stereocenters. The molecule has 10 heteroatoms. The van der Waals surface area contributed by atoms with Gasteiger partial charge in [-0.25, -0.2) is 0 Å². The van der Waals surface area contributed by atoms with E-state index in [0.717, 1.165) is 18.2 Å². The van der Waals surface area contributed by atoms with Gasteiger partial charge < -0.3 is 9.47 Å². The van der Waals surface area contributed by atoms with Crippen molar-refractivity contribution in [3.63, 3.8) is 0 Å². The topological polar surface area (TPSA) is 59.3 Å². The normalized spacial score (nSPS) is 12.0. The molecule has 0 fully saturated rings. The van der Waals surface area contributed by atoms with E-state index in [9.17, 15) is 23.2 Å². The number of hydrogen-bond acceptors (Lipinski definition) is 4. The highest BCUT2D eigenvalue weighted by molar-refractivity contribution is 6.32. The van der Waals surface area contributed by atoms with Gasteiger partial charge >= 0.3 is 6.18 Å². The van der Waals surface area contributed by atoms with E-state index in [1.807, 2.05) is 6.07 Å². The third-order valence-corrected chi connectivity index (χ3v) is 5.47. The maximum atomic E-state index is 12.8. The van der Waals surface area contributed by atoms with Gasteiger partial charge in [-0.05, 0) is 48.0 Å². The third-order valence-electron chi connectivity index (χ3n) is 4.63. The Labute approximate surface area is 208 Å². The van der Waals surface area contributed by atoms with Crippen LogP contribution in [0.15, 0.2) is 60.7 Å². The van der Waals surface area contributed by atoms with Crippen LogP contribution in [0.25, 0.3) is 0 Å². The van der Waals surface area contributed by atoms with Crippen LogP contribution in [0.2, 0.25) is 15.1 Å². The van der Waals surface area contributed by atoms with Crippen molar-refractivity contribution in [2.24, 2.45) is 0 Å². The van der Waals surface area contributed by atoms with Gasteiger partial charge in [0.15, 0.2) is 5.78 Å². The number of ketones is 1. The van der Waals surface area contributed by atoms with Crippen molar-refractivity contribution in [2.75, 3.05) is 6.61 Å². The summed E-state index contributed by atoms with van der Waals surface area (Å²) in [6.07, 6.45) is -4.60. The molecule has 0 aliphatic rings. The van der Waals surface area contributed by atoms with Gasteiger partial charge in [0, 0.05) is 17.5 Å². The lowest BCUT2D eigenvalue weighted by Crippen LogP contribution is -2.14. The number of nitrogens with zero attached hydrogens (tertiary/aromatic N) is 1. The van der Waals surface area contributed by atoms with Crippen LogP contribution in [0.1, 0.15) is 23.5 Å². The molecular formula is C24H15Cl3F3NO3. The molecule has 34 heavy (non-hydrogen) atoms. The zero-order valence-corrected chi connectivity index (χ0v) is 19.5. The molecule has 4 nitrogen and oxygen atoms in total. The lowest BCUT2D eigenvalue weighted by atomic mass is 9.94. The lowest BCUT2D eigenvalue weighted by molar-refractivity contribution is -0.137. The second-order valence-corrected chi connectivity index (χ2v) is 8.27. The highest BCUT2D eigenvalue weighted by Crippen LogP contribution is 2.38. The molecule has 3 aromatic carbocycles. The monoisotopic (exact) mass is 527 g/mol. The second kappa shape index (κ2) is 11.0. The second-order valence-electron chi connectivity index (χ2n) is 7.02. The van der Waals surface area contributed by atoms with Gasteiger partial charge in [-0.2, -0.15) is 18.4 Å². The summed E-state index contributed by atoms with van der Waals surface area (Å²) < 4.78 is 49.6. The molecule has 0 spiro atoms. The zero-order valence-electron chi connectivity index (χ0n) is 17.2. The smallest absolute Gasteiger partial charge is 0.416 e. The van der Waals surface area contributed by atoms with E-state index in [1.165, 1.54) is 18.2 Å². The molecule has 0 aliphatic carbocycles. The van der Waals surface area contributed by atoms with Crippen LogP contribution in [0.3, 0.4) is 0 Å². The fourth-order valence-electron chi connectivity index (χ4n) is 2.97. The largest absolute Gasteiger partial charge is 0.491 e. The minimum Gasteiger partial charge on any atom is -0.491 e. The number of ether oxygens (including phenoxy) is 2. The molecule has 0 radical (unpaired) electrons. The van der Waals surface area contributed by atoms with E-state index < -0.39 is 17.7 Å². The molecule has 0 aliphatic heterocycles. The molecule has 176 valence electrons. The minimum atomic E-state index is -4.53. The highest BCUT2D eigenvalue weighted by atomic mass is 35.5. The molecule has 1 atom stereocenters. The SMILES string of the molecule is N#CC(C(=O)CCOc1cc(Oc2ccc(C(F)(F)F)cc2Cl)ccc1Cl)c1cccc(Cl)c1. The summed E-state index contributed by atoms with van der Waals surface area (Å²) in [5.74, 6) is -0.942. The van der Waals surface area contributed by atoms with Crippen molar-refractivity contribution in [3.8, 4) is 23.3 Å². The number of hydrogen-bond donors (Lipinski definition) is 0. The first-order chi connectivity index (χ1) is 16.1. The minimum absolute atomic E-state index is 0.0106. The summed E-state index contributed by atoms with van der Waals surface area (Å²) >= 11 is 18.0. The van der Waals surface area contributed by atoms with E-state index in [1.54, 1.807) is 24.3 Å². The van der Waals surface area contributed by atoms with Crippen molar-refractivity contribution in [2.45, 2.75) is 18.5 Å². The first-order valence-corrected chi connectivity index (χ1v) is 10.9. The molecule has 0 amide bonds. The number of carbonyl (C=O) groups is 1. The van der Waals surface area contributed by atoms with Crippen LogP contribution >= 0.6 is 34.8 Å². The Kier molecular flexibility index (Phi) is 8.32. The predicted octanol–water partition coefficient (Wildman–Crippen LogP) is 8.10. The maximum Gasteiger partial charge on any atom is 0.416 e. The van der Waals surface area contributed by atoms with E-state index in [0.29, 0.717) is 10.6 Å². The summed E-state index contributed by atoms with van der Waals surface area (Å²) in [6, 6.07) is 15.6. The first-order valence-electron chi connectivity index (χ1n) is 9.73. The van der Waals surface area contributed by atoms with E-state index in [-0.39, 0.29) is 46.1 Å². The Morgan fingerprint density at radius 2 is 1.74 bits per heavy atom. The Hall–Kier alpha value is -2.92. The van der Waals surface area contributed by atoms with Crippen molar-refractivity contribution in [1.29, 1.82) is 5.26 Å². The maximum absolute atomic E-state index is 12.8. The summed E-state index contributed by atoms with van der Waals surface area (Å²) in [7, 11) is 0. The molecule has 0 aromatic heterocycles. The Morgan fingerprint density at radius 1 is 0.971 bits per heavy atom. The van der Waals surface area contributed by atoms with Gasteiger partial charge in [-0.3, -0.25) is 4.79 Å². The van der Waals surface area contributed by atoms with Crippen LogP contribution < -0.4 is 9.47 Å². The van der Waals surface area contributed by atoms with Crippen molar-refractivity contribution in [1.82, 2.24) is 0 Å². The zero-order chi connectivity index (χ0) is 24.9. The van der Waals surface area contributed by atoms with Crippen molar-refractivity contribution >= 4 is 40.6 Å². The number of rotatable bonds is 8. The number of carbonyl (C=O) groups excluding carboxylic acids is 1. The van der Waals surface area contributed by atoms with Crippen LogP contribution in [-0.2, 0) is 11.0 Å². The van der Waals surface area contributed by atoms with Crippen LogP contribution in [0, 0.1) is 11.3 Å². The summed E-state index contributed by atoms with van der Waals surface area (Å²) in [6.45, 7) is -0.0677. The number of alkyl halides is 3. The van der Waals surface area contributed by atoms with Crippen LogP contribution in [0.4, 0.5) is 13.2 Å². The fraction of sp³-hybridized carbons (Fsp3) is 0.167. The summed E-state index contributed by atoms with van der Waals surface area (Å²) in [4.78, 5) is 12.5. The summed E-state index contributed by atoms with van der Waals surface area (Å²) in [5.41, 5.74) is -0.412. The van der Waals surface area contributed by atoms with Crippen molar-refractivity contribution in [3.05, 3.63) is 86.9 Å². The number of halogens is 6. The molecule has 3 rings (SSSR count). The lowest BCUT2D eigenvalue weighted by Gasteiger charge is -2.13. The summed E-state index contributed by atoms with van der Waals surface area (Å²) in [5, 5.41) is 9.82. The molecular weight excluding hydrogens is 514 g/mol. The average molecular weight is 529 g/mol. The third kappa shape index (κ3) is 6.57. The molecule has 0 bridgehead atoms. The van der Waals surface area contributed by atoms with Crippen LogP contribution in [-0.4, -0.2) is 12.4 Å². The Morgan fingerprint density at radius 3 is 2.38 bits per heavy atom. The standard InChI is InChI=1S/C24H15Cl3F3NO3/c25-16-3-1-2-14(10-16)18(13-31)21(32)8-9-33-23-12-17(5-6-19(23)26)34-22-7-4-15(11-20(22)27)24(28,29)30/h1-7,10-12,18H,8-9H2. The average Bonchev–Trinajstić information content (AvgIpc) is 2.77. The van der Waals surface area contributed by atoms with Crippen molar-refractivity contribution < 1.29 is 27.4 Å². The van der Waals surface area contributed by atoms with Gasteiger partial charge in [-0.15, -0.1) is 0 Å². The van der Waals surface area contributed by atoms with E-state index >= 15 is 0 Å². The Balaban J connectivity index is 1.65. The molecule has 0 saturated carbocycles. The highest BCUT2D eigenvalue weighted by Gasteiger charge is 2.31. The van der Waals surface area contributed by atoms with E-state index in [2.05, 4.69) is 0 Å². The quantitative estimate of drug-likeness (QED) is 0.296. The molecule has 3 aromatic rings. The van der Waals surface area contributed by atoms with Gasteiger partial charge in [0.05, 0.1) is 28.3 Å². The van der Waals surface area contributed by atoms with Crippen LogP contribution in [0.5, 0.6) is 17.2 Å². The molecule has 0 heterocycles. The predicted molar refractivity (Wildman–Crippen MR) is 123 cm³/mol. The van der Waals surface area contributed by atoms with E-state index in [4.69, 9.17) is 44.3 Å². The fourth-order valence-corrected chi connectivity index (χ4v) is 3.56. The van der Waals surface area contributed by atoms with Gasteiger partial charge in [-0.1, -0.05) is 46.9 Å². The van der Waals surface area contributed by atoms with Gasteiger partial charge in [0.2, 0.25) is 0 Å². The molecule has 0 saturated heterocycles.